The number of aromatic amines is 1. The fourth-order valence-electron chi connectivity index (χ4n) is 3.62. The summed E-state index contributed by atoms with van der Waals surface area (Å²) in [4.78, 5) is 43.0. The maximum absolute atomic E-state index is 13.3. The van der Waals surface area contributed by atoms with Gasteiger partial charge in [-0.2, -0.15) is 5.10 Å². The van der Waals surface area contributed by atoms with Crippen molar-refractivity contribution in [3.63, 3.8) is 0 Å². The molecule has 0 bridgehead atoms. The van der Waals surface area contributed by atoms with Gasteiger partial charge in [0.15, 0.2) is 0 Å². The van der Waals surface area contributed by atoms with Gasteiger partial charge < -0.3 is 24.5 Å². The molecule has 1 aromatic carbocycles. The second-order valence-corrected chi connectivity index (χ2v) is 7.00. The highest BCUT2D eigenvalue weighted by Gasteiger charge is 2.32. The third-order valence-corrected chi connectivity index (χ3v) is 5.06. The number of nitrogens with one attached hydrogen (secondary N) is 1. The first-order valence-electron chi connectivity index (χ1n) is 9.57. The Kier molecular flexibility index (Phi) is 6.88. The van der Waals surface area contributed by atoms with Crippen LogP contribution in [0.5, 0.6) is 5.75 Å². The van der Waals surface area contributed by atoms with Gasteiger partial charge >= 0.3 is 5.97 Å². The van der Waals surface area contributed by atoms with Gasteiger partial charge in [-0.1, -0.05) is 0 Å². The number of H-pyrrole nitrogens is 1. The van der Waals surface area contributed by atoms with Crippen LogP contribution in [0.3, 0.4) is 0 Å². The van der Waals surface area contributed by atoms with E-state index in [2.05, 4.69) is 15.1 Å². The molecular formula is C21H23N5O6. The highest BCUT2D eigenvalue weighted by molar-refractivity contribution is 5.98. The lowest BCUT2D eigenvalue weighted by Crippen LogP contribution is -2.38. The van der Waals surface area contributed by atoms with E-state index in [1.807, 2.05) is 13.2 Å². The zero-order valence-electron chi connectivity index (χ0n) is 17.8. The Hall–Kier alpha value is -4.15. The maximum atomic E-state index is 13.3. The summed E-state index contributed by atoms with van der Waals surface area (Å²) in [6.45, 7) is 0.600. The smallest absolute Gasteiger partial charge is 0.338 e. The molecule has 3 aromatic rings. The van der Waals surface area contributed by atoms with Crippen molar-refractivity contribution in [1.82, 2.24) is 24.6 Å². The van der Waals surface area contributed by atoms with Crippen LogP contribution in [0.25, 0.3) is 0 Å². The molecule has 168 valence electrons. The van der Waals surface area contributed by atoms with Gasteiger partial charge in [0.2, 0.25) is 0 Å². The summed E-state index contributed by atoms with van der Waals surface area (Å²) < 4.78 is 11.8. The molecule has 0 saturated carbocycles. The summed E-state index contributed by atoms with van der Waals surface area (Å²) in [6.07, 6.45) is 5.36. The van der Waals surface area contributed by atoms with E-state index in [1.54, 1.807) is 34.2 Å². The van der Waals surface area contributed by atoms with Gasteiger partial charge in [0.1, 0.15) is 5.75 Å². The Morgan fingerprint density at radius 1 is 1.25 bits per heavy atom. The van der Waals surface area contributed by atoms with E-state index >= 15 is 0 Å². The first kappa shape index (κ1) is 22.5. The minimum atomic E-state index is -0.527. The lowest BCUT2D eigenvalue weighted by Gasteiger charge is -2.32. The van der Waals surface area contributed by atoms with Crippen molar-refractivity contribution in [2.45, 2.75) is 12.5 Å². The number of hydrogen-bond acceptors (Lipinski definition) is 7. The predicted molar refractivity (Wildman–Crippen MR) is 111 cm³/mol. The minimum absolute atomic E-state index is 0.0895. The van der Waals surface area contributed by atoms with E-state index < -0.39 is 5.97 Å². The number of fused-ring (bicyclic) bond motifs is 1. The van der Waals surface area contributed by atoms with E-state index in [0.717, 1.165) is 17.0 Å². The molecule has 1 amide bonds. The number of imidazole rings is 1. The van der Waals surface area contributed by atoms with E-state index in [0.29, 0.717) is 24.4 Å². The zero-order valence-corrected chi connectivity index (χ0v) is 17.8. The average Bonchev–Trinajstić information content (AvgIpc) is 3.46. The SMILES string of the molecule is COC(=O)c1cc(OC)cc(C(=O)N2Cc3[nH]cnc3C(c3cnn(C)c3)C2)c1.O=CO. The van der Waals surface area contributed by atoms with Crippen LogP contribution in [-0.4, -0.2) is 68.9 Å². The number of esters is 1. The van der Waals surface area contributed by atoms with Gasteiger partial charge in [-0.15, -0.1) is 0 Å². The first-order chi connectivity index (χ1) is 15.4. The second-order valence-electron chi connectivity index (χ2n) is 7.00. The van der Waals surface area contributed by atoms with E-state index in [-0.39, 0.29) is 23.9 Å². The molecule has 0 spiro atoms. The number of carbonyl (C=O) groups is 3. The molecule has 0 saturated heterocycles. The molecular weight excluding hydrogens is 418 g/mol. The number of amides is 1. The topological polar surface area (TPSA) is 140 Å². The first-order valence-corrected chi connectivity index (χ1v) is 9.57. The highest BCUT2D eigenvalue weighted by atomic mass is 16.5. The third-order valence-electron chi connectivity index (χ3n) is 5.06. The zero-order chi connectivity index (χ0) is 23.3. The number of rotatable bonds is 4. The molecule has 0 aliphatic carbocycles. The van der Waals surface area contributed by atoms with Crippen LogP contribution in [-0.2, 0) is 23.1 Å². The fourth-order valence-corrected chi connectivity index (χ4v) is 3.62. The van der Waals surface area contributed by atoms with E-state index in [4.69, 9.17) is 19.4 Å². The number of benzene rings is 1. The molecule has 0 fully saturated rings. The number of aryl methyl sites for hydroxylation is 1. The van der Waals surface area contributed by atoms with Crippen LogP contribution in [0, 0.1) is 0 Å². The Bertz CT molecular complexity index is 1120. The van der Waals surface area contributed by atoms with E-state index in [1.165, 1.54) is 20.3 Å². The number of hydrogen-bond donors (Lipinski definition) is 2. The highest BCUT2D eigenvalue weighted by Crippen LogP contribution is 2.32. The Labute approximate surface area is 183 Å². The quantitative estimate of drug-likeness (QED) is 0.458. The molecule has 2 N–H and O–H groups in total. The van der Waals surface area contributed by atoms with Gasteiger partial charge in [-0.3, -0.25) is 14.3 Å². The lowest BCUT2D eigenvalue weighted by molar-refractivity contribution is -0.122. The summed E-state index contributed by atoms with van der Waals surface area (Å²) >= 11 is 0. The van der Waals surface area contributed by atoms with Gasteiger partial charge in [0, 0.05) is 36.8 Å². The number of methoxy groups -OCH3 is 2. The number of carboxylic acid groups (broad SMARTS) is 1. The van der Waals surface area contributed by atoms with Crippen LogP contribution in [0.4, 0.5) is 0 Å². The van der Waals surface area contributed by atoms with Crippen molar-refractivity contribution >= 4 is 18.3 Å². The van der Waals surface area contributed by atoms with Gasteiger partial charge in [0.05, 0.1) is 50.2 Å². The monoisotopic (exact) mass is 441 g/mol. The normalized spacial score (nSPS) is 14.6. The summed E-state index contributed by atoms with van der Waals surface area (Å²) in [5.41, 5.74) is 3.41. The maximum Gasteiger partial charge on any atom is 0.338 e. The molecule has 11 nitrogen and oxygen atoms in total. The summed E-state index contributed by atoms with van der Waals surface area (Å²) in [7, 11) is 4.64. The molecule has 1 aliphatic heterocycles. The number of ether oxygens (including phenoxy) is 2. The van der Waals surface area contributed by atoms with Gasteiger partial charge in [-0.25, -0.2) is 9.78 Å². The van der Waals surface area contributed by atoms with Crippen molar-refractivity contribution in [2.75, 3.05) is 20.8 Å². The van der Waals surface area contributed by atoms with Crippen molar-refractivity contribution in [1.29, 1.82) is 0 Å². The van der Waals surface area contributed by atoms with Gasteiger partial charge in [-0.05, 0) is 18.2 Å². The van der Waals surface area contributed by atoms with Crippen molar-refractivity contribution in [2.24, 2.45) is 7.05 Å². The van der Waals surface area contributed by atoms with Crippen molar-refractivity contribution < 1.29 is 29.0 Å². The van der Waals surface area contributed by atoms with Crippen LogP contribution >= 0.6 is 0 Å². The molecule has 1 atom stereocenters. The summed E-state index contributed by atoms with van der Waals surface area (Å²) in [5, 5.41) is 11.1. The molecule has 11 heteroatoms. The Morgan fingerprint density at radius 3 is 2.59 bits per heavy atom. The van der Waals surface area contributed by atoms with Crippen LogP contribution in [0.15, 0.2) is 36.9 Å². The molecule has 1 unspecified atom stereocenters. The molecule has 1 aliphatic rings. The summed E-state index contributed by atoms with van der Waals surface area (Å²) in [6, 6.07) is 4.69. The number of nitrogens with zero attached hydrogens (tertiary/aromatic N) is 4. The lowest BCUT2D eigenvalue weighted by atomic mass is 9.92. The summed E-state index contributed by atoms with van der Waals surface area (Å²) in [5.74, 6) is -0.406. The van der Waals surface area contributed by atoms with Crippen LogP contribution < -0.4 is 4.74 Å². The molecule has 3 heterocycles. The van der Waals surface area contributed by atoms with Crippen LogP contribution in [0.2, 0.25) is 0 Å². The fraction of sp³-hybridized carbons (Fsp3) is 0.286. The third kappa shape index (κ3) is 4.61. The average molecular weight is 441 g/mol. The van der Waals surface area contributed by atoms with Gasteiger partial charge in [0.25, 0.3) is 12.4 Å². The number of carbonyl (C=O) groups excluding carboxylic acids is 2. The van der Waals surface area contributed by atoms with E-state index in [9.17, 15) is 9.59 Å². The second kappa shape index (κ2) is 9.77. The Balaban J connectivity index is 0.000000913. The van der Waals surface area contributed by atoms with Crippen molar-refractivity contribution in [3.05, 3.63) is 65.0 Å². The molecule has 4 rings (SSSR count). The predicted octanol–water partition coefficient (Wildman–Crippen LogP) is 1.43. The van der Waals surface area contributed by atoms with Crippen LogP contribution in [0.1, 0.15) is 43.6 Å². The minimum Gasteiger partial charge on any atom is -0.497 e. The molecule has 32 heavy (non-hydrogen) atoms. The van der Waals surface area contributed by atoms with Crippen molar-refractivity contribution in [3.8, 4) is 5.75 Å². The standard InChI is InChI=1S/C20H21N5O4.CH2O2/c1-24-8-14(7-23-24)16-9-25(10-17-18(16)22-11-21-17)19(26)12-4-13(20(27)29-3)6-15(5-12)28-2;2-1-3/h4-8,11,16H,9-10H2,1-3H3,(H,21,22);1H,(H,2,3). The molecule has 0 radical (unpaired) electrons. The Morgan fingerprint density at radius 2 is 1.97 bits per heavy atom. The largest absolute Gasteiger partial charge is 0.497 e. The molecule has 2 aromatic heterocycles. The number of aromatic nitrogens is 4.